The van der Waals surface area contributed by atoms with Gasteiger partial charge in [0.15, 0.2) is 17.4 Å². The van der Waals surface area contributed by atoms with Crippen LogP contribution in [0.3, 0.4) is 0 Å². The predicted molar refractivity (Wildman–Crippen MR) is 125 cm³/mol. The molecule has 0 fully saturated rings. The number of hydrogen-bond donors (Lipinski definition) is 2. The Morgan fingerprint density at radius 2 is 1.85 bits per heavy atom. The zero-order chi connectivity index (χ0) is 24.2. The molecule has 1 aromatic heterocycles. The summed E-state index contributed by atoms with van der Waals surface area (Å²) in [6, 6.07) is 10.2. The lowest BCUT2D eigenvalue weighted by atomic mass is 9.73. The number of anilines is 2. The number of allylic oxidation sites excluding steroid dienone is 2. The Bertz CT molecular complexity index is 1360. The molecule has 2 heterocycles. The van der Waals surface area contributed by atoms with Crippen molar-refractivity contribution in [2.45, 2.75) is 39.7 Å². The van der Waals surface area contributed by atoms with E-state index in [1.807, 2.05) is 45.0 Å². The summed E-state index contributed by atoms with van der Waals surface area (Å²) < 4.78 is 29.4. The van der Waals surface area contributed by atoms with E-state index in [1.54, 1.807) is 0 Å². The van der Waals surface area contributed by atoms with Crippen molar-refractivity contribution < 1.29 is 18.4 Å². The molecule has 174 valence electrons. The van der Waals surface area contributed by atoms with Crippen molar-refractivity contribution in [3.8, 4) is 0 Å². The second-order valence-electron chi connectivity index (χ2n) is 9.71. The maximum atomic E-state index is 14.2. The van der Waals surface area contributed by atoms with Gasteiger partial charge in [-0.05, 0) is 48.6 Å². The number of hydrogen-bond acceptors (Lipinski definition) is 4. The summed E-state index contributed by atoms with van der Waals surface area (Å²) in [5.74, 6) is -2.02. The van der Waals surface area contributed by atoms with Gasteiger partial charge in [0.1, 0.15) is 17.4 Å². The number of nitrogens with one attached hydrogen (secondary N) is 2. The van der Waals surface area contributed by atoms with Crippen molar-refractivity contribution in [3.63, 3.8) is 0 Å². The highest BCUT2D eigenvalue weighted by atomic mass is 19.2. The van der Waals surface area contributed by atoms with E-state index in [0.717, 1.165) is 17.7 Å². The van der Waals surface area contributed by atoms with E-state index in [4.69, 9.17) is 0 Å². The van der Waals surface area contributed by atoms with Gasteiger partial charge in [-0.1, -0.05) is 37.6 Å². The summed E-state index contributed by atoms with van der Waals surface area (Å²) in [5.41, 5.74) is 3.23. The standard InChI is InChI=1S/C26H24F2N4O2/c1-14-4-7-16(8-5-14)30-25(34)17-13-29-32-23(15-6-9-18(27)19(28)10-15)22-20(31-24(17)32)11-26(2,3)12-21(22)33/h4-10,13,23,31H,11-12H2,1-3H3,(H,30,34). The third-order valence-electron chi connectivity index (χ3n) is 6.32. The summed E-state index contributed by atoms with van der Waals surface area (Å²) in [6.45, 7) is 5.96. The number of carbonyl (C=O) groups is 2. The molecule has 2 aromatic carbocycles. The van der Waals surface area contributed by atoms with Crippen molar-refractivity contribution >= 4 is 23.2 Å². The Labute approximate surface area is 195 Å². The molecule has 0 bridgehead atoms. The first kappa shape index (κ1) is 22.0. The van der Waals surface area contributed by atoms with E-state index < -0.39 is 17.7 Å². The second-order valence-corrected chi connectivity index (χ2v) is 9.71. The molecule has 1 amide bonds. The fraction of sp³-hybridized carbons (Fsp3) is 0.269. The number of amides is 1. The van der Waals surface area contributed by atoms with Crippen molar-refractivity contribution in [3.05, 3.63) is 88.3 Å². The fourth-order valence-corrected chi connectivity index (χ4v) is 4.70. The lowest BCUT2D eigenvalue weighted by Crippen LogP contribution is -2.37. The fourth-order valence-electron chi connectivity index (χ4n) is 4.70. The average molecular weight is 463 g/mol. The van der Waals surface area contributed by atoms with Crippen LogP contribution < -0.4 is 10.6 Å². The number of fused-ring (bicyclic) bond motifs is 1. The Balaban J connectivity index is 1.60. The molecule has 0 saturated heterocycles. The topological polar surface area (TPSA) is 76.0 Å². The second kappa shape index (κ2) is 7.90. The van der Waals surface area contributed by atoms with Crippen LogP contribution in [-0.4, -0.2) is 21.5 Å². The predicted octanol–water partition coefficient (Wildman–Crippen LogP) is 5.38. The number of carbonyl (C=O) groups excluding carboxylic acids is 2. The Morgan fingerprint density at radius 1 is 1.12 bits per heavy atom. The number of halogens is 2. The molecule has 0 saturated carbocycles. The Morgan fingerprint density at radius 3 is 2.56 bits per heavy atom. The van der Waals surface area contributed by atoms with Gasteiger partial charge in [0.25, 0.3) is 5.91 Å². The van der Waals surface area contributed by atoms with Crippen LogP contribution in [-0.2, 0) is 4.79 Å². The molecule has 5 rings (SSSR count). The molecular weight excluding hydrogens is 438 g/mol. The normalized spacial score (nSPS) is 18.7. The molecule has 34 heavy (non-hydrogen) atoms. The monoisotopic (exact) mass is 462 g/mol. The molecule has 2 aliphatic rings. The summed E-state index contributed by atoms with van der Waals surface area (Å²) in [5, 5.41) is 10.5. The minimum Gasteiger partial charge on any atom is -0.343 e. The number of nitrogens with zero attached hydrogens (tertiary/aromatic N) is 2. The third kappa shape index (κ3) is 3.79. The number of ketones is 1. The van der Waals surface area contributed by atoms with E-state index in [9.17, 15) is 18.4 Å². The number of Topliss-reactive ketones (excluding diaryl/α,β-unsaturated/α-hetero) is 1. The van der Waals surface area contributed by atoms with Gasteiger partial charge in [0.05, 0.1) is 6.20 Å². The van der Waals surface area contributed by atoms with Crippen LogP contribution in [0.1, 0.15) is 54.2 Å². The summed E-state index contributed by atoms with van der Waals surface area (Å²) >= 11 is 0. The molecule has 0 spiro atoms. The number of aryl methyl sites for hydroxylation is 1. The lowest BCUT2D eigenvalue weighted by molar-refractivity contribution is -0.118. The Kier molecular flexibility index (Phi) is 5.11. The average Bonchev–Trinajstić information content (AvgIpc) is 3.18. The molecule has 0 radical (unpaired) electrons. The highest BCUT2D eigenvalue weighted by molar-refractivity contribution is 6.08. The van der Waals surface area contributed by atoms with Crippen LogP contribution in [0.4, 0.5) is 20.3 Å². The van der Waals surface area contributed by atoms with E-state index in [0.29, 0.717) is 41.2 Å². The van der Waals surface area contributed by atoms with Crippen LogP contribution in [0.2, 0.25) is 0 Å². The summed E-state index contributed by atoms with van der Waals surface area (Å²) in [4.78, 5) is 26.3. The highest BCUT2D eigenvalue weighted by Gasteiger charge is 2.42. The minimum atomic E-state index is -1.01. The van der Waals surface area contributed by atoms with Crippen molar-refractivity contribution in [1.29, 1.82) is 0 Å². The van der Waals surface area contributed by atoms with E-state index >= 15 is 0 Å². The highest BCUT2D eigenvalue weighted by Crippen LogP contribution is 2.46. The van der Waals surface area contributed by atoms with Gasteiger partial charge in [-0.25, -0.2) is 13.5 Å². The first-order valence-corrected chi connectivity index (χ1v) is 11.1. The van der Waals surface area contributed by atoms with Gasteiger partial charge in [-0.15, -0.1) is 0 Å². The SMILES string of the molecule is Cc1ccc(NC(=O)c2cnn3c2NC2=C(C(=O)CC(C)(C)C2)C3c2ccc(F)c(F)c2)cc1. The molecule has 8 heteroatoms. The molecule has 1 aliphatic heterocycles. The van der Waals surface area contributed by atoms with Crippen LogP contribution >= 0.6 is 0 Å². The maximum absolute atomic E-state index is 14.2. The van der Waals surface area contributed by atoms with Crippen molar-refractivity contribution in [2.24, 2.45) is 5.41 Å². The van der Waals surface area contributed by atoms with Crippen molar-refractivity contribution in [1.82, 2.24) is 9.78 Å². The number of benzene rings is 2. The molecule has 1 unspecified atom stereocenters. The zero-order valence-electron chi connectivity index (χ0n) is 19.1. The van der Waals surface area contributed by atoms with Gasteiger partial charge < -0.3 is 10.6 Å². The van der Waals surface area contributed by atoms with Gasteiger partial charge >= 0.3 is 0 Å². The quantitative estimate of drug-likeness (QED) is 0.548. The van der Waals surface area contributed by atoms with Gasteiger partial charge in [0.2, 0.25) is 0 Å². The Hall–Kier alpha value is -3.81. The van der Waals surface area contributed by atoms with Gasteiger partial charge in [-0.2, -0.15) is 5.10 Å². The van der Waals surface area contributed by atoms with E-state index in [1.165, 1.54) is 16.9 Å². The van der Waals surface area contributed by atoms with Gasteiger partial charge in [-0.3, -0.25) is 9.59 Å². The third-order valence-corrected chi connectivity index (χ3v) is 6.32. The minimum absolute atomic E-state index is 0.0831. The molecule has 6 nitrogen and oxygen atoms in total. The smallest absolute Gasteiger partial charge is 0.261 e. The number of rotatable bonds is 3. The summed E-state index contributed by atoms with van der Waals surface area (Å²) in [6.07, 6.45) is 2.32. The van der Waals surface area contributed by atoms with Crippen LogP contribution in [0.15, 0.2) is 59.9 Å². The van der Waals surface area contributed by atoms with Crippen LogP contribution in [0.5, 0.6) is 0 Å². The molecule has 3 aromatic rings. The molecule has 2 N–H and O–H groups in total. The van der Waals surface area contributed by atoms with Crippen molar-refractivity contribution in [2.75, 3.05) is 10.6 Å². The number of aromatic nitrogens is 2. The van der Waals surface area contributed by atoms with Crippen LogP contribution in [0.25, 0.3) is 0 Å². The molecule has 1 atom stereocenters. The first-order valence-electron chi connectivity index (χ1n) is 11.1. The maximum Gasteiger partial charge on any atom is 0.261 e. The molecular formula is C26H24F2N4O2. The largest absolute Gasteiger partial charge is 0.343 e. The summed E-state index contributed by atoms with van der Waals surface area (Å²) in [7, 11) is 0. The zero-order valence-corrected chi connectivity index (χ0v) is 19.1. The lowest BCUT2D eigenvalue weighted by Gasteiger charge is -2.39. The van der Waals surface area contributed by atoms with E-state index in [-0.39, 0.29) is 22.7 Å². The van der Waals surface area contributed by atoms with Crippen LogP contribution in [0, 0.1) is 24.0 Å². The first-order chi connectivity index (χ1) is 16.1. The van der Waals surface area contributed by atoms with Gasteiger partial charge in [0, 0.05) is 23.4 Å². The van der Waals surface area contributed by atoms with E-state index in [2.05, 4.69) is 15.7 Å². The molecule has 1 aliphatic carbocycles.